The van der Waals surface area contributed by atoms with Crippen molar-refractivity contribution in [3.8, 4) is 0 Å². The monoisotopic (exact) mass is 335 g/mol. The van der Waals surface area contributed by atoms with Gasteiger partial charge in [0.25, 0.3) is 0 Å². The van der Waals surface area contributed by atoms with Crippen LogP contribution in [0.4, 0.5) is 0 Å². The largest absolute Gasteiger partial charge is 0.387 e. The lowest BCUT2D eigenvalue weighted by atomic mass is 10.1. The molecule has 7 nitrogen and oxygen atoms in total. The van der Waals surface area contributed by atoms with Crippen LogP contribution in [0.25, 0.3) is 0 Å². The Balaban J connectivity index is 1.70. The highest BCUT2D eigenvalue weighted by atomic mass is 32.2. The van der Waals surface area contributed by atoms with Gasteiger partial charge < -0.3 is 10.4 Å². The Hall–Kier alpha value is -1.93. The predicted molar refractivity (Wildman–Crippen MR) is 88.8 cm³/mol. The van der Waals surface area contributed by atoms with Gasteiger partial charge in [0.2, 0.25) is 5.91 Å². The van der Waals surface area contributed by atoms with Crippen LogP contribution in [-0.2, 0) is 10.5 Å². The molecule has 1 heterocycles. The fraction of sp³-hybridized carbons (Fsp3) is 0.467. The molecule has 1 unspecified atom stereocenters. The molecule has 0 saturated heterocycles. The van der Waals surface area contributed by atoms with Crippen LogP contribution in [0.1, 0.15) is 37.4 Å². The van der Waals surface area contributed by atoms with Crippen molar-refractivity contribution in [2.45, 2.75) is 31.7 Å². The molecule has 0 fully saturated rings. The third kappa shape index (κ3) is 5.33. The number of nitrogens with zero attached hydrogens (tertiary/aromatic N) is 4. The van der Waals surface area contributed by atoms with Crippen LogP contribution < -0.4 is 5.32 Å². The van der Waals surface area contributed by atoms with Crippen molar-refractivity contribution in [1.29, 1.82) is 0 Å². The summed E-state index contributed by atoms with van der Waals surface area (Å²) in [6.07, 6.45) is -0.696. The fourth-order valence-corrected chi connectivity index (χ4v) is 2.76. The van der Waals surface area contributed by atoms with E-state index >= 15 is 0 Å². The zero-order chi connectivity index (χ0) is 16.7. The molecule has 0 aliphatic rings. The molecule has 1 aromatic heterocycles. The van der Waals surface area contributed by atoms with E-state index in [1.807, 2.05) is 44.2 Å². The molecule has 8 heteroatoms. The molecule has 2 N–H and O–H groups in total. The number of amides is 1. The van der Waals surface area contributed by atoms with Gasteiger partial charge in [-0.1, -0.05) is 30.3 Å². The van der Waals surface area contributed by atoms with Gasteiger partial charge in [0.15, 0.2) is 5.82 Å². The summed E-state index contributed by atoms with van der Waals surface area (Å²) in [6, 6.07) is 9.45. The Kier molecular flexibility index (Phi) is 6.54. The standard InChI is InChI=1S/C15H21N5O2S/c1-11(2)20-14(17-18-19-20)9-23-10-15(22)16-8-13(21)12-6-4-3-5-7-12/h3-7,11,13,21H,8-10H2,1-2H3,(H,16,22). The zero-order valence-electron chi connectivity index (χ0n) is 13.2. The number of carbonyl (C=O) groups is 1. The lowest BCUT2D eigenvalue weighted by Crippen LogP contribution is -2.29. The topological polar surface area (TPSA) is 92.9 Å². The Morgan fingerprint density at radius 3 is 2.78 bits per heavy atom. The van der Waals surface area contributed by atoms with Crippen molar-refractivity contribution in [3.63, 3.8) is 0 Å². The third-order valence-electron chi connectivity index (χ3n) is 3.19. The summed E-state index contributed by atoms with van der Waals surface area (Å²) in [6.45, 7) is 4.21. The average molecular weight is 335 g/mol. The van der Waals surface area contributed by atoms with Crippen molar-refractivity contribution in [1.82, 2.24) is 25.5 Å². The number of carbonyl (C=O) groups excluding carboxylic acids is 1. The van der Waals surface area contributed by atoms with Crippen molar-refractivity contribution >= 4 is 17.7 Å². The van der Waals surface area contributed by atoms with Crippen LogP contribution in [0.3, 0.4) is 0 Å². The second kappa shape index (κ2) is 8.64. The molecule has 0 radical (unpaired) electrons. The Labute approximate surface area is 139 Å². The van der Waals surface area contributed by atoms with Gasteiger partial charge in [0, 0.05) is 6.54 Å². The molecule has 0 aliphatic heterocycles. The first-order chi connectivity index (χ1) is 11.1. The molecule has 2 rings (SSSR count). The Morgan fingerprint density at radius 1 is 1.35 bits per heavy atom. The number of thioether (sulfide) groups is 1. The van der Waals surface area contributed by atoms with Crippen LogP contribution in [0, 0.1) is 0 Å². The van der Waals surface area contributed by atoms with Gasteiger partial charge in [-0.3, -0.25) is 4.79 Å². The maximum atomic E-state index is 11.8. The summed E-state index contributed by atoms with van der Waals surface area (Å²) < 4.78 is 1.74. The van der Waals surface area contributed by atoms with Crippen molar-refractivity contribution in [2.75, 3.05) is 12.3 Å². The van der Waals surface area contributed by atoms with Crippen LogP contribution in [0.15, 0.2) is 30.3 Å². The van der Waals surface area contributed by atoms with Crippen LogP contribution in [-0.4, -0.2) is 43.5 Å². The van der Waals surface area contributed by atoms with E-state index in [0.29, 0.717) is 11.5 Å². The van der Waals surface area contributed by atoms with Crippen LogP contribution in [0.2, 0.25) is 0 Å². The average Bonchev–Trinajstić information content (AvgIpc) is 3.02. The highest BCUT2D eigenvalue weighted by molar-refractivity contribution is 7.99. The van der Waals surface area contributed by atoms with Crippen LogP contribution >= 0.6 is 11.8 Å². The number of aliphatic hydroxyl groups excluding tert-OH is 1. The van der Waals surface area contributed by atoms with Gasteiger partial charge in [-0.25, -0.2) is 4.68 Å². The molecule has 1 amide bonds. The molecule has 1 aromatic carbocycles. The summed E-state index contributed by atoms with van der Waals surface area (Å²) in [5, 5.41) is 24.2. The van der Waals surface area contributed by atoms with E-state index in [2.05, 4.69) is 20.8 Å². The number of rotatable bonds is 8. The first-order valence-electron chi connectivity index (χ1n) is 7.42. The first kappa shape index (κ1) is 17.4. The summed E-state index contributed by atoms with van der Waals surface area (Å²) in [5.74, 6) is 1.50. The second-order valence-corrected chi connectivity index (χ2v) is 6.34. The van der Waals surface area contributed by atoms with E-state index in [1.165, 1.54) is 11.8 Å². The van der Waals surface area contributed by atoms with Crippen molar-refractivity contribution in [3.05, 3.63) is 41.7 Å². The molecule has 23 heavy (non-hydrogen) atoms. The van der Waals surface area contributed by atoms with Gasteiger partial charge in [-0.2, -0.15) is 0 Å². The molecule has 0 aliphatic carbocycles. The van der Waals surface area contributed by atoms with E-state index in [4.69, 9.17) is 0 Å². The quantitative estimate of drug-likeness (QED) is 0.756. The maximum absolute atomic E-state index is 11.8. The lowest BCUT2D eigenvalue weighted by molar-refractivity contribution is -0.119. The van der Waals surface area contributed by atoms with Crippen LogP contribution in [0.5, 0.6) is 0 Å². The lowest BCUT2D eigenvalue weighted by Gasteiger charge is -2.12. The molecular formula is C15H21N5O2S. The highest BCUT2D eigenvalue weighted by Crippen LogP contribution is 2.13. The van der Waals surface area contributed by atoms with Gasteiger partial charge >= 0.3 is 0 Å². The van der Waals surface area contributed by atoms with E-state index in [1.54, 1.807) is 4.68 Å². The SMILES string of the molecule is CC(C)n1nnnc1CSCC(=O)NCC(O)c1ccccc1. The van der Waals surface area contributed by atoms with E-state index < -0.39 is 6.10 Å². The highest BCUT2D eigenvalue weighted by Gasteiger charge is 2.12. The summed E-state index contributed by atoms with van der Waals surface area (Å²) in [4.78, 5) is 11.8. The van der Waals surface area contributed by atoms with E-state index in [0.717, 1.165) is 11.4 Å². The first-order valence-corrected chi connectivity index (χ1v) is 8.57. The molecule has 0 spiro atoms. The van der Waals surface area contributed by atoms with Gasteiger partial charge in [0.1, 0.15) is 0 Å². The number of nitrogens with one attached hydrogen (secondary N) is 1. The number of aliphatic hydroxyl groups is 1. The minimum Gasteiger partial charge on any atom is -0.387 e. The summed E-state index contributed by atoms with van der Waals surface area (Å²) in [5.41, 5.74) is 0.788. The Morgan fingerprint density at radius 2 is 2.09 bits per heavy atom. The van der Waals surface area contributed by atoms with Gasteiger partial charge in [-0.15, -0.1) is 16.9 Å². The Bertz CT molecular complexity index is 617. The fourth-order valence-electron chi connectivity index (χ4n) is 2.00. The number of hydrogen-bond donors (Lipinski definition) is 2. The normalized spacial score (nSPS) is 12.3. The molecular weight excluding hydrogens is 314 g/mol. The van der Waals surface area contributed by atoms with Crippen molar-refractivity contribution < 1.29 is 9.90 Å². The van der Waals surface area contributed by atoms with Gasteiger partial charge in [-0.05, 0) is 29.8 Å². The number of hydrogen-bond acceptors (Lipinski definition) is 6. The van der Waals surface area contributed by atoms with E-state index in [-0.39, 0.29) is 18.5 Å². The molecule has 2 aromatic rings. The predicted octanol–water partition coefficient (Wildman–Crippen LogP) is 1.34. The third-order valence-corrected chi connectivity index (χ3v) is 4.12. The minimum absolute atomic E-state index is 0.117. The summed E-state index contributed by atoms with van der Waals surface area (Å²) >= 11 is 1.44. The van der Waals surface area contributed by atoms with E-state index in [9.17, 15) is 9.90 Å². The molecule has 124 valence electrons. The zero-order valence-corrected chi connectivity index (χ0v) is 14.0. The second-order valence-electron chi connectivity index (χ2n) is 5.36. The van der Waals surface area contributed by atoms with Crippen molar-refractivity contribution in [2.24, 2.45) is 0 Å². The number of benzene rings is 1. The van der Waals surface area contributed by atoms with Gasteiger partial charge in [0.05, 0.1) is 23.7 Å². The molecule has 1 atom stereocenters. The maximum Gasteiger partial charge on any atom is 0.230 e. The minimum atomic E-state index is -0.696. The smallest absolute Gasteiger partial charge is 0.230 e. The molecule has 0 bridgehead atoms. The number of tetrazole rings is 1. The number of aromatic nitrogens is 4. The summed E-state index contributed by atoms with van der Waals surface area (Å²) in [7, 11) is 0. The molecule has 0 saturated carbocycles.